The van der Waals surface area contributed by atoms with Gasteiger partial charge in [-0.25, -0.2) is 19.7 Å². The van der Waals surface area contributed by atoms with Gasteiger partial charge in [0.25, 0.3) is 0 Å². The first-order chi connectivity index (χ1) is 14.7. The maximum Gasteiger partial charge on any atom is 0.337 e. The van der Waals surface area contributed by atoms with Crippen LogP contribution >= 0.6 is 0 Å². The number of hydrogen-bond acceptors (Lipinski definition) is 8. The molecular formula is C22H17N5O3. The molecule has 2 aromatic heterocycles. The number of nitrogens with zero attached hydrogens (tertiary/aromatic N) is 4. The zero-order valence-corrected chi connectivity index (χ0v) is 16.1. The van der Waals surface area contributed by atoms with E-state index in [-0.39, 0.29) is 5.97 Å². The van der Waals surface area contributed by atoms with Gasteiger partial charge in [0, 0.05) is 12.7 Å². The highest BCUT2D eigenvalue weighted by atomic mass is 16.5. The van der Waals surface area contributed by atoms with Gasteiger partial charge in [0.15, 0.2) is 11.5 Å². The Balaban J connectivity index is 1.50. The molecule has 8 heteroatoms. The van der Waals surface area contributed by atoms with Gasteiger partial charge in [-0.15, -0.1) is 0 Å². The standard InChI is InChI=1S/C22H17N5O3/c1-29-21(28)15-8-6-14(7-9-15)13-25-22-24-11-10-17(27-22)16(12-23)20-26-18-4-2-3-5-19(18)30-20/h2-11,16H,13H2,1H3,(H,24,25,27). The molecule has 0 saturated carbocycles. The molecule has 8 nitrogen and oxygen atoms in total. The number of rotatable bonds is 6. The lowest BCUT2D eigenvalue weighted by molar-refractivity contribution is 0.0600. The maximum atomic E-state index is 11.5. The molecule has 0 fully saturated rings. The number of anilines is 1. The smallest absolute Gasteiger partial charge is 0.337 e. The topological polar surface area (TPSA) is 114 Å². The lowest BCUT2D eigenvalue weighted by atomic mass is 10.1. The Morgan fingerprint density at radius 1 is 1.17 bits per heavy atom. The molecule has 0 saturated heterocycles. The SMILES string of the molecule is COC(=O)c1ccc(CNc2nccc(C(C#N)c3nc4ccccc4o3)n2)cc1. The van der Waals surface area contributed by atoms with Gasteiger partial charge in [-0.1, -0.05) is 24.3 Å². The summed E-state index contributed by atoms with van der Waals surface area (Å²) < 4.78 is 10.4. The Labute approximate surface area is 172 Å². The van der Waals surface area contributed by atoms with Gasteiger partial charge in [-0.2, -0.15) is 5.26 Å². The quantitative estimate of drug-likeness (QED) is 0.489. The van der Waals surface area contributed by atoms with Crippen LogP contribution in [0.4, 0.5) is 5.95 Å². The van der Waals surface area contributed by atoms with Crippen molar-refractivity contribution >= 4 is 23.0 Å². The first-order valence-electron chi connectivity index (χ1n) is 9.17. The average molecular weight is 399 g/mol. The average Bonchev–Trinajstić information content (AvgIpc) is 3.22. The van der Waals surface area contributed by atoms with E-state index in [0.29, 0.717) is 40.7 Å². The van der Waals surface area contributed by atoms with Gasteiger partial charge >= 0.3 is 5.97 Å². The van der Waals surface area contributed by atoms with Crippen LogP contribution in [0.25, 0.3) is 11.1 Å². The summed E-state index contributed by atoms with van der Waals surface area (Å²) in [7, 11) is 1.34. The van der Waals surface area contributed by atoms with E-state index >= 15 is 0 Å². The Morgan fingerprint density at radius 3 is 2.70 bits per heavy atom. The van der Waals surface area contributed by atoms with Crippen molar-refractivity contribution in [1.82, 2.24) is 15.0 Å². The highest BCUT2D eigenvalue weighted by Crippen LogP contribution is 2.26. The van der Waals surface area contributed by atoms with Gasteiger partial charge in [-0.05, 0) is 35.9 Å². The third-order valence-corrected chi connectivity index (χ3v) is 4.49. The van der Waals surface area contributed by atoms with Crippen LogP contribution in [0.5, 0.6) is 0 Å². The Kier molecular flexibility index (Phi) is 5.35. The second-order valence-electron chi connectivity index (χ2n) is 6.43. The molecule has 0 spiro atoms. The van der Waals surface area contributed by atoms with E-state index in [4.69, 9.17) is 9.15 Å². The normalized spacial score (nSPS) is 11.6. The summed E-state index contributed by atoms with van der Waals surface area (Å²) in [6, 6.07) is 18.2. The first-order valence-corrected chi connectivity index (χ1v) is 9.17. The maximum absolute atomic E-state index is 11.5. The zero-order valence-electron chi connectivity index (χ0n) is 16.1. The van der Waals surface area contributed by atoms with Crippen LogP contribution in [0.1, 0.15) is 33.4 Å². The summed E-state index contributed by atoms with van der Waals surface area (Å²) in [5.74, 6) is -0.463. The molecule has 0 bridgehead atoms. The van der Waals surface area contributed by atoms with E-state index in [2.05, 4.69) is 26.3 Å². The van der Waals surface area contributed by atoms with Crippen molar-refractivity contribution in [2.45, 2.75) is 12.5 Å². The number of hydrogen-bond donors (Lipinski definition) is 1. The van der Waals surface area contributed by atoms with Crippen molar-refractivity contribution in [3.8, 4) is 6.07 Å². The molecule has 4 aromatic rings. The molecule has 148 valence electrons. The minimum absolute atomic E-state index is 0.293. The first kappa shape index (κ1) is 19.1. The predicted molar refractivity (Wildman–Crippen MR) is 109 cm³/mol. The van der Waals surface area contributed by atoms with Crippen LogP contribution in [0.3, 0.4) is 0 Å². The number of methoxy groups -OCH3 is 1. The number of oxazole rings is 1. The van der Waals surface area contributed by atoms with Gasteiger partial charge in [0.05, 0.1) is 24.4 Å². The second kappa shape index (κ2) is 8.41. The van der Waals surface area contributed by atoms with Crippen LogP contribution in [-0.2, 0) is 11.3 Å². The largest absolute Gasteiger partial charge is 0.465 e. The van der Waals surface area contributed by atoms with Crippen molar-refractivity contribution in [1.29, 1.82) is 5.26 Å². The number of nitrogens with one attached hydrogen (secondary N) is 1. The minimum Gasteiger partial charge on any atom is -0.465 e. The van der Waals surface area contributed by atoms with E-state index < -0.39 is 5.92 Å². The molecule has 1 atom stereocenters. The fourth-order valence-corrected chi connectivity index (χ4v) is 2.94. The molecule has 2 heterocycles. The molecule has 30 heavy (non-hydrogen) atoms. The van der Waals surface area contributed by atoms with E-state index in [1.807, 2.05) is 30.3 Å². The molecule has 0 aliphatic heterocycles. The Bertz CT molecular complexity index is 1190. The second-order valence-corrected chi connectivity index (χ2v) is 6.43. The number of carbonyl (C=O) groups excluding carboxylic acids is 1. The third-order valence-electron chi connectivity index (χ3n) is 4.49. The zero-order chi connectivity index (χ0) is 20.9. The fourth-order valence-electron chi connectivity index (χ4n) is 2.94. The number of nitriles is 1. The molecule has 0 amide bonds. The van der Waals surface area contributed by atoms with Crippen LogP contribution in [0.2, 0.25) is 0 Å². The lowest BCUT2D eigenvalue weighted by Gasteiger charge is -2.09. The Morgan fingerprint density at radius 2 is 1.97 bits per heavy atom. The summed E-state index contributed by atoms with van der Waals surface area (Å²) in [6.45, 7) is 0.449. The molecule has 1 unspecified atom stereocenters. The number of esters is 1. The van der Waals surface area contributed by atoms with Gasteiger partial charge < -0.3 is 14.5 Å². The van der Waals surface area contributed by atoms with Gasteiger partial charge in [-0.3, -0.25) is 0 Å². The summed E-state index contributed by atoms with van der Waals surface area (Å²) in [4.78, 5) is 24.6. The van der Waals surface area contributed by atoms with Crippen LogP contribution < -0.4 is 5.32 Å². The van der Waals surface area contributed by atoms with Crippen molar-refractivity contribution in [2.24, 2.45) is 0 Å². The molecule has 2 aromatic carbocycles. The van der Waals surface area contributed by atoms with Crippen molar-refractivity contribution in [3.05, 3.63) is 83.5 Å². The highest BCUT2D eigenvalue weighted by Gasteiger charge is 2.22. The molecule has 0 radical (unpaired) electrons. The number of para-hydroxylation sites is 2. The number of benzene rings is 2. The number of aromatic nitrogens is 3. The van der Waals surface area contributed by atoms with Crippen molar-refractivity contribution < 1.29 is 13.9 Å². The highest BCUT2D eigenvalue weighted by molar-refractivity contribution is 5.89. The third kappa shape index (κ3) is 3.95. The summed E-state index contributed by atoms with van der Waals surface area (Å²) >= 11 is 0. The number of fused-ring (bicyclic) bond motifs is 1. The molecule has 0 aliphatic carbocycles. The lowest BCUT2D eigenvalue weighted by Crippen LogP contribution is -2.08. The van der Waals surface area contributed by atoms with Gasteiger partial charge in [0.1, 0.15) is 5.52 Å². The number of ether oxygens (including phenoxy) is 1. The molecule has 0 aliphatic rings. The van der Waals surface area contributed by atoms with E-state index in [9.17, 15) is 10.1 Å². The van der Waals surface area contributed by atoms with E-state index in [1.54, 1.807) is 30.5 Å². The summed E-state index contributed by atoms with van der Waals surface area (Å²) in [6.07, 6.45) is 1.58. The molecular weight excluding hydrogens is 382 g/mol. The predicted octanol–water partition coefficient (Wildman–Crippen LogP) is 3.67. The van der Waals surface area contributed by atoms with E-state index in [0.717, 1.165) is 5.56 Å². The van der Waals surface area contributed by atoms with Gasteiger partial charge in [0.2, 0.25) is 11.8 Å². The molecule has 1 N–H and O–H groups in total. The van der Waals surface area contributed by atoms with Crippen molar-refractivity contribution in [3.63, 3.8) is 0 Å². The monoisotopic (exact) mass is 399 g/mol. The minimum atomic E-state index is -0.750. The summed E-state index contributed by atoms with van der Waals surface area (Å²) in [5.41, 5.74) is 3.22. The fraction of sp³-hybridized carbons (Fsp3) is 0.136. The van der Waals surface area contributed by atoms with Crippen LogP contribution in [0, 0.1) is 11.3 Å². The van der Waals surface area contributed by atoms with E-state index in [1.165, 1.54) is 7.11 Å². The Hall–Kier alpha value is -4.25. The van der Waals surface area contributed by atoms with Crippen molar-refractivity contribution in [2.75, 3.05) is 12.4 Å². The van der Waals surface area contributed by atoms with Crippen LogP contribution in [0.15, 0.2) is 65.2 Å². The van der Waals surface area contributed by atoms with Crippen LogP contribution in [-0.4, -0.2) is 28.0 Å². The summed E-state index contributed by atoms with van der Waals surface area (Å²) in [5, 5.41) is 12.8. The number of carbonyl (C=O) groups is 1. The molecule has 4 rings (SSSR count).